The molecular weight excluding hydrogens is 309 g/mol. The summed E-state index contributed by atoms with van der Waals surface area (Å²) in [7, 11) is 0. The van der Waals surface area contributed by atoms with Gasteiger partial charge in [0, 0.05) is 6.42 Å². The van der Waals surface area contributed by atoms with E-state index in [-0.39, 0.29) is 31.5 Å². The average Bonchev–Trinajstić information content (AvgIpc) is 2.86. The molecule has 2 aliphatic rings. The SMILES string of the molecule is CCCC[C@H](CCC(=O)C12CCCC1(C)OC(=O)C2)C(F)(F)F. The Balaban J connectivity index is 2.04. The predicted molar refractivity (Wildman–Crippen MR) is 78.7 cm³/mol. The van der Waals surface area contributed by atoms with Crippen LogP contribution in [-0.4, -0.2) is 23.5 Å². The molecular formula is C17H25F3O3. The van der Waals surface area contributed by atoms with Crippen molar-refractivity contribution in [2.45, 2.75) is 83.4 Å². The van der Waals surface area contributed by atoms with Gasteiger partial charge < -0.3 is 4.74 Å². The molecule has 1 aliphatic heterocycles. The molecule has 0 spiro atoms. The zero-order valence-electron chi connectivity index (χ0n) is 13.8. The van der Waals surface area contributed by atoms with Crippen LogP contribution >= 0.6 is 0 Å². The van der Waals surface area contributed by atoms with Crippen LogP contribution in [0.4, 0.5) is 13.2 Å². The summed E-state index contributed by atoms with van der Waals surface area (Å²) in [4.78, 5) is 24.4. The summed E-state index contributed by atoms with van der Waals surface area (Å²) in [5, 5.41) is 0. The van der Waals surface area contributed by atoms with Crippen molar-refractivity contribution >= 4 is 11.8 Å². The van der Waals surface area contributed by atoms with Crippen molar-refractivity contribution in [2.24, 2.45) is 11.3 Å². The van der Waals surface area contributed by atoms with Crippen LogP contribution in [0, 0.1) is 11.3 Å². The van der Waals surface area contributed by atoms with Gasteiger partial charge >= 0.3 is 12.1 Å². The van der Waals surface area contributed by atoms with Crippen LogP contribution in [0.1, 0.15) is 71.6 Å². The van der Waals surface area contributed by atoms with Gasteiger partial charge in [0.1, 0.15) is 11.4 Å². The molecule has 23 heavy (non-hydrogen) atoms. The minimum Gasteiger partial charge on any atom is -0.458 e. The van der Waals surface area contributed by atoms with Crippen LogP contribution in [0.25, 0.3) is 0 Å². The molecule has 6 heteroatoms. The average molecular weight is 334 g/mol. The van der Waals surface area contributed by atoms with E-state index in [9.17, 15) is 22.8 Å². The van der Waals surface area contributed by atoms with Gasteiger partial charge in [-0.15, -0.1) is 0 Å². The third kappa shape index (κ3) is 3.41. The summed E-state index contributed by atoms with van der Waals surface area (Å²) in [6, 6.07) is 0. The number of rotatable bonds is 7. The largest absolute Gasteiger partial charge is 0.458 e. The molecule has 0 bridgehead atoms. The number of fused-ring (bicyclic) bond motifs is 1. The lowest BCUT2D eigenvalue weighted by atomic mass is 9.70. The van der Waals surface area contributed by atoms with Gasteiger partial charge in [0.15, 0.2) is 0 Å². The van der Waals surface area contributed by atoms with Gasteiger partial charge in [-0.05, 0) is 39.0 Å². The van der Waals surface area contributed by atoms with Crippen molar-refractivity contribution < 1.29 is 27.5 Å². The minimum atomic E-state index is -4.27. The van der Waals surface area contributed by atoms with Crippen LogP contribution in [0.5, 0.6) is 0 Å². The number of ether oxygens (including phenoxy) is 1. The maximum absolute atomic E-state index is 13.1. The first-order chi connectivity index (χ1) is 10.6. The number of carbonyl (C=O) groups excluding carboxylic acids is 2. The van der Waals surface area contributed by atoms with Gasteiger partial charge in [-0.3, -0.25) is 9.59 Å². The van der Waals surface area contributed by atoms with E-state index in [4.69, 9.17) is 4.74 Å². The second-order valence-corrected chi connectivity index (χ2v) is 7.16. The van der Waals surface area contributed by atoms with Gasteiger partial charge in [0.05, 0.1) is 17.8 Å². The highest BCUT2D eigenvalue weighted by Gasteiger charge is 2.64. The van der Waals surface area contributed by atoms with Gasteiger partial charge in [0.25, 0.3) is 0 Å². The number of esters is 1. The molecule has 0 amide bonds. The lowest BCUT2D eigenvalue weighted by Gasteiger charge is -2.34. The van der Waals surface area contributed by atoms with E-state index < -0.39 is 29.1 Å². The fourth-order valence-corrected chi connectivity index (χ4v) is 4.19. The fourth-order valence-electron chi connectivity index (χ4n) is 4.19. The first-order valence-corrected chi connectivity index (χ1v) is 8.46. The molecule has 3 nitrogen and oxygen atoms in total. The number of Topliss-reactive ketones (excluding diaryl/α,β-unsaturated/α-hetero) is 1. The van der Waals surface area contributed by atoms with E-state index in [2.05, 4.69) is 0 Å². The Kier molecular flexibility index (Phi) is 5.12. The maximum Gasteiger partial charge on any atom is 0.391 e. The zero-order chi connectivity index (χ0) is 17.3. The summed E-state index contributed by atoms with van der Waals surface area (Å²) in [5.41, 5.74) is -1.72. The molecule has 0 aromatic rings. The Labute approximate surface area is 134 Å². The first kappa shape index (κ1) is 18.3. The van der Waals surface area contributed by atoms with Crippen LogP contribution in [-0.2, 0) is 14.3 Å². The minimum absolute atomic E-state index is 0.0218. The summed E-state index contributed by atoms with van der Waals surface area (Å²) >= 11 is 0. The molecule has 2 unspecified atom stereocenters. The Bertz CT molecular complexity index is 474. The van der Waals surface area contributed by atoms with Crippen molar-refractivity contribution in [3.05, 3.63) is 0 Å². The topological polar surface area (TPSA) is 43.4 Å². The number of hydrogen-bond acceptors (Lipinski definition) is 3. The third-order valence-electron chi connectivity index (χ3n) is 5.68. The van der Waals surface area contributed by atoms with Crippen LogP contribution in [0.2, 0.25) is 0 Å². The Morgan fingerprint density at radius 1 is 1.30 bits per heavy atom. The molecule has 0 aromatic carbocycles. The van der Waals surface area contributed by atoms with Crippen molar-refractivity contribution in [2.75, 3.05) is 0 Å². The van der Waals surface area contributed by atoms with E-state index in [1.165, 1.54) is 0 Å². The number of unbranched alkanes of at least 4 members (excludes halogenated alkanes) is 1. The third-order valence-corrected chi connectivity index (χ3v) is 5.68. The van der Waals surface area contributed by atoms with E-state index in [0.717, 1.165) is 6.42 Å². The van der Waals surface area contributed by atoms with Gasteiger partial charge in [-0.25, -0.2) is 0 Å². The first-order valence-electron chi connectivity index (χ1n) is 8.46. The molecule has 1 heterocycles. The van der Waals surface area contributed by atoms with E-state index in [1.807, 2.05) is 6.92 Å². The highest BCUT2D eigenvalue weighted by atomic mass is 19.4. The summed E-state index contributed by atoms with van der Waals surface area (Å²) in [6.07, 6.45) is -1.37. The van der Waals surface area contributed by atoms with Crippen molar-refractivity contribution in [3.8, 4) is 0 Å². The van der Waals surface area contributed by atoms with Crippen molar-refractivity contribution in [3.63, 3.8) is 0 Å². The quantitative estimate of drug-likeness (QED) is 0.640. The van der Waals surface area contributed by atoms with E-state index in [0.29, 0.717) is 25.7 Å². The Morgan fingerprint density at radius 3 is 2.61 bits per heavy atom. The Morgan fingerprint density at radius 2 is 2.00 bits per heavy atom. The highest BCUT2D eigenvalue weighted by molar-refractivity contribution is 5.93. The lowest BCUT2D eigenvalue weighted by Crippen LogP contribution is -2.44. The predicted octanol–water partition coefficient (Wildman–Crippen LogP) is 4.58. The van der Waals surface area contributed by atoms with Crippen LogP contribution in [0.3, 0.4) is 0 Å². The molecule has 0 aromatic heterocycles. The van der Waals surface area contributed by atoms with E-state index in [1.54, 1.807) is 6.92 Å². The van der Waals surface area contributed by atoms with Gasteiger partial charge in [-0.1, -0.05) is 19.8 Å². The highest BCUT2D eigenvalue weighted by Crippen LogP contribution is 2.56. The normalized spacial score (nSPS) is 31.8. The maximum atomic E-state index is 13.1. The lowest BCUT2D eigenvalue weighted by molar-refractivity contribution is -0.179. The molecule has 132 valence electrons. The fraction of sp³-hybridized carbons (Fsp3) is 0.882. The van der Waals surface area contributed by atoms with Gasteiger partial charge in [0.2, 0.25) is 0 Å². The summed E-state index contributed by atoms with van der Waals surface area (Å²) in [6.45, 7) is 3.60. The summed E-state index contributed by atoms with van der Waals surface area (Å²) < 4.78 is 44.6. The van der Waals surface area contributed by atoms with Crippen molar-refractivity contribution in [1.82, 2.24) is 0 Å². The monoisotopic (exact) mass is 334 g/mol. The van der Waals surface area contributed by atoms with Crippen LogP contribution < -0.4 is 0 Å². The van der Waals surface area contributed by atoms with Crippen molar-refractivity contribution in [1.29, 1.82) is 0 Å². The zero-order valence-corrected chi connectivity index (χ0v) is 13.8. The number of carbonyl (C=O) groups is 2. The number of alkyl halides is 3. The molecule has 1 saturated heterocycles. The molecule has 1 saturated carbocycles. The molecule has 0 N–H and O–H groups in total. The smallest absolute Gasteiger partial charge is 0.391 e. The molecule has 1 aliphatic carbocycles. The second-order valence-electron chi connectivity index (χ2n) is 7.16. The Hall–Kier alpha value is -1.07. The number of hydrogen-bond donors (Lipinski definition) is 0. The molecule has 2 fully saturated rings. The summed E-state index contributed by atoms with van der Waals surface area (Å²) in [5.74, 6) is -2.07. The molecule has 3 atom stereocenters. The molecule has 2 rings (SSSR count). The van der Waals surface area contributed by atoms with Crippen LogP contribution in [0.15, 0.2) is 0 Å². The second kappa shape index (κ2) is 6.44. The van der Waals surface area contributed by atoms with Gasteiger partial charge in [-0.2, -0.15) is 13.2 Å². The molecule has 0 radical (unpaired) electrons. The standard InChI is InChI=1S/C17H25F3O3/c1-3-4-6-12(17(18,19)20)7-8-13(21)16-10-5-9-15(16,2)23-14(22)11-16/h12H,3-11H2,1-2H3/t12-,15?,16?/m1/s1. The van der Waals surface area contributed by atoms with E-state index >= 15 is 0 Å². The number of halogens is 3. The number of ketones is 1.